The number of hydrogen-bond donors (Lipinski definition) is 1. The van der Waals surface area contributed by atoms with Gasteiger partial charge >= 0.3 is 5.97 Å². The number of anilines is 2. The number of fused-ring (bicyclic) bond motifs is 1. The Labute approximate surface area is 168 Å². The van der Waals surface area contributed by atoms with Crippen LogP contribution in [0.4, 0.5) is 11.4 Å². The Morgan fingerprint density at radius 1 is 1.17 bits per heavy atom. The molecule has 2 aromatic carbocycles. The Balaban J connectivity index is 1.68. The molecular weight excluding hydrogens is 376 g/mol. The number of amides is 2. The van der Waals surface area contributed by atoms with Gasteiger partial charge in [0.1, 0.15) is 12.3 Å². The van der Waals surface area contributed by atoms with Crippen LogP contribution in [0.25, 0.3) is 0 Å². The van der Waals surface area contributed by atoms with Crippen molar-refractivity contribution in [3.05, 3.63) is 53.6 Å². The first-order valence-electron chi connectivity index (χ1n) is 9.14. The summed E-state index contributed by atoms with van der Waals surface area (Å²) in [5.41, 5.74) is 2.09. The minimum Gasteiger partial charge on any atom is -0.496 e. The molecule has 8 heteroatoms. The number of hydrogen-bond acceptors (Lipinski definition) is 6. The molecule has 29 heavy (non-hydrogen) atoms. The Morgan fingerprint density at radius 3 is 2.72 bits per heavy atom. The van der Waals surface area contributed by atoms with Crippen LogP contribution < -0.4 is 15.0 Å². The number of rotatable bonds is 7. The van der Waals surface area contributed by atoms with Crippen molar-refractivity contribution >= 4 is 29.2 Å². The molecule has 0 radical (unpaired) electrons. The number of nitrogens with one attached hydrogen (secondary N) is 1. The Kier molecular flexibility index (Phi) is 6.46. The van der Waals surface area contributed by atoms with Gasteiger partial charge in [-0.1, -0.05) is 12.1 Å². The molecule has 0 aromatic heterocycles. The average molecular weight is 398 g/mol. The number of carbonyl (C=O) groups excluding carboxylic acids is 3. The van der Waals surface area contributed by atoms with Crippen molar-refractivity contribution in [2.45, 2.75) is 13.5 Å². The normalized spacial score (nSPS) is 12.8. The summed E-state index contributed by atoms with van der Waals surface area (Å²) in [6.07, 6.45) is 0. The first-order chi connectivity index (χ1) is 14.0. The Bertz CT molecular complexity index is 927. The van der Waals surface area contributed by atoms with Crippen molar-refractivity contribution in [2.75, 3.05) is 37.1 Å². The van der Waals surface area contributed by atoms with Gasteiger partial charge in [0.25, 0.3) is 5.91 Å². The third-order valence-corrected chi connectivity index (χ3v) is 4.38. The van der Waals surface area contributed by atoms with E-state index >= 15 is 0 Å². The van der Waals surface area contributed by atoms with Crippen LogP contribution in [0.5, 0.6) is 5.75 Å². The average Bonchev–Trinajstić information content (AvgIpc) is 2.74. The summed E-state index contributed by atoms with van der Waals surface area (Å²) in [6, 6.07) is 11.8. The van der Waals surface area contributed by atoms with Crippen LogP contribution in [-0.4, -0.2) is 44.7 Å². The molecule has 1 heterocycles. The monoisotopic (exact) mass is 398 g/mol. The van der Waals surface area contributed by atoms with Crippen LogP contribution in [0.1, 0.15) is 22.8 Å². The Morgan fingerprint density at radius 2 is 1.97 bits per heavy atom. The largest absolute Gasteiger partial charge is 0.496 e. The lowest BCUT2D eigenvalue weighted by molar-refractivity contribution is -0.124. The van der Waals surface area contributed by atoms with E-state index in [2.05, 4.69) is 5.32 Å². The van der Waals surface area contributed by atoms with E-state index in [0.717, 1.165) is 0 Å². The minimum absolute atomic E-state index is 0.131. The molecule has 0 fully saturated rings. The molecule has 2 aromatic rings. The minimum atomic E-state index is -0.645. The molecule has 2 amide bonds. The van der Waals surface area contributed by atoms with Crippen LogP contribution in [0.3, 0.4) is 0 Å². The van der Waals surface area contributed by atoms with Crippen molar-refractivity contribution < 1.29 is 28.6 Å². The summed E-state index contributed by atoms with van der Waals surface area (Å²) in [5.74, 6) is -0.835. The highest BCUT2D eigenvalue weighted by Gasteiger charge is 2.27. The fourth-order valence-corrected chi connectivity index (χ4v) is 2.97. The van der Waals surface area contributed by atoms with Crippen molar-refractivity contribution in [2.24, 2.45) is 0 Å². The van der Waals surface area contributed by atoms with E-state index in [-0.39, 0.29) is 18.0 Å². The maximum atomic E-state index is 12.6. The second-order valence-electron chi connectivity index (χ2n) is 6.29. The predicted molar refractivity (Wildman–Crippen MR) is 106 cm³/mol. The van der Waals surface area contributed by atoms with Crippen LogP contribution in [-0.2, 0) is 25.7 Å². The number of ether oxygens (including phenoxy) is 3. The number of methoxy groups -OCH3 is 1. The molecule has 3 rings (SSSR count). The van der Waals surface area contributed by atoms with Gasteiger partial charge in [0.2, 0.25) is 5.91 Å². The van der Waals surface area contributed by atoms with Gasteiger partial charge in [-0.2, -0.15) is 0 Å². The molecule has 0 saturated carbocycles. The number of nitrogens with zero attached hydrogens (tertiary/aromatic N) is 1. The van der Waals surface area contributed by atoms with Crippen molar-refractivity contribution in [1.82, 2.24) is 0 Å². The highest BCUT2D eigenvalue weighted by atomic mass is 16.5. The second-order valence-corrected chi connectivity index (χ2v) is 6.29. The third kappa shape index (κ3) is 4.72. The van der Waals surface area contributed by atoms with E-state index in [4.69, 9.17) is 14.2 Å². The smallest absolute Gasteiger partial charge is 0.338 e. The van der Waals surface area contributed by atoms with Gasteiger partial charge in [0, 0.05) is 12.2 Å². The highest BCUT2D eigenvalue weighted by molar-refractivity contribution is 6.10. The zero-order valence-electron chi connectivity index (χ0n) is 16.3. The zero-order valence-corrected chi connectivity index (χ0v) is 16.3. The topological polar surface area (TPSA) is 94.2 Å². The molecule has 8 nitrogen and oxygen atoms in total. The molecule has 0 spiro atoms. The fraction of sp³-hybridized carbons (Fsp3) is 0.286. The molecule has 1 N–H and O–H groups in total. The third-order valence-electron chi connectivity index (χ3n) is 4.38. The fourth-order valence-electron chi connectivity index (χ4n) is 2.97. The van der Waals surface area contributed by atoms with Gasteiger partial charge in [-0.3, -0.25) is 14.5 Å². The van der Waals surface area contributed by atoms with E-state index in [0.29, 0.717) is 35.9 Å². The van der Waals surface area contributed by atoms with Gasteiger partial charge in [0.05, 0.1) is 30.7 Å². The molecule has 0 bridgehead atoms. The summed E-state index contributed by atoms with van der Waals surface area (Å²) in [5, 5.41) is 2.70. The van der Waals surface area contributed by atoms with Gasteiger partial charge in [0.15, 0.2) is 6.61 Å². The molecule has 0 aliphatic carbocycles. The number of carbonyl (C=O) groups is 3. The van der Waals surface area contributed by atoms with E-state index < -0.39 is 18.5 Å². The van der Waals surface area contributed by atoms with Crippen LogP contribution in [0.15, 0.2) is 42.5 Å². The summed E-state index contributed by atoms with van der Waals surface area (Å²) >= 11 is 0. The van der Waals surface area contributed by atoms with Crippen LogP contribution >= 0.6 is 0 Å². The van der Waals surface area contributed by atoms with Crippen molar-refractivity contribution in [3.63, 3.8) is 0 Å². The standard InChI is InChI=1S/C21H22N2O6/c1-3-28-12-15-10-14(8-9-18(15)27-2)21(26)29-13-20(25)23-11-19(24)22-16-6-4-5-7-17(16)23/h4-10H,3,11-13H2,1-2H3,(H,22,24). The number of benzene rings is 2. The van der Waals surface area contributed by atoms with Gasteiger partial charge < -0.3 is 19.5 Å². The van der Waals surface area contributed by atoms with Gasteiger partial charge in [-0.05, 0) is 37.3 Å². The first-order valence-corrected chi connectivity index (χ1v) is 9.14. The number of esters is 1. The number of para-hydroxylation sites is 2. The van der Waals surface area contributed by atoms with E-state index in [1.807, 2.05) is 6.92 Å². The Hall–Kier alpha value is -3.39. The molecule has 1 aliphatic rings. The molecular formula is C21H22N2O6. The SMILES string of the molecule is CCOCc1cc(C(=O)OCC(=O)N2CC(=O)Nc3ccccc32)ccc1OC. The quantitative estimate of drug-likeness (QED) is 0.720. The first kappa shape index (κ1) is 20.3. The van der Waals surface area contributed by atoms with E-state index in [1.165, 1.54) is 12.0 Å². The summed E-state index contributed by atoms with van der Waals surface area (Å²) in [6.45, 7) is 2.08. The summed E-state index contributed by atoms with van der Waals surface area (Å²) in [7, 11) is 1.54. The maximum absolute atomic E-state index is 12.6. The zero-order chi connectivity index (χ0) is 20.8. The van der Waals surface area contributed by atoms with Gasteiger partial charge in [-0.25, -0.2) is 4.79 Å². The van der Waals surface area contributed by atoms with Gasteiger partial charge in [-0.15, -0.1) is 0 Å². The lowest BCUT2D eigenvalue weighted by Crippen LogP contribution is -2.44. The predicted octanol–water partition coefficient (Wildman–Crippen LogP) is 2.37. The molecule has 0 saturated heterocycles. The molecule has 0 unspecified atom stereocenters. The highest BCUT2D eigenvalue weighted by Crippen LogP contribution is 2.29. The summed E-state index contributed by atoms with van der Waals surface area (Å²) in [4.78, 5) is 38.1. The van der Waals surface area contributed by atoms with E-state index in [9.17, 15) is 14.4 Å². The lowest BCUT2D eigenvalue weighted by atomic mass is 10.1. The second kappa shape index (κ2) is 9.20. The van der Waals surface area contributed by atoms with Crippen molar-refractivity contribution in [3.8, 4) is 5.75 Å². The maximum Gasteiger partial charge on any atom is 0.338 e. The van der Waals surface area contributed by atoms with Crippen molar-refractivity contribution in [1.29, 1.82) is 0 Å². The van der Waals surface area contributed by atoms with Crippen LogP contribution in [0, 0.1) is 0 Å². The molecule has 1 aliphatic heterocycles. The summed E-state index contributed by atoms with van der Waals surface area (Å²) < 4.78 is 15.8. The van der Waals surface area contributed by atoms with E-state index in [1.54, 1.807) is 42.5 Å². The molecule has 152 valence electrons. The molecule has 0 atom stereocenters. The lowest BCUT2D eigenvalue weighted by Gasteiger charge is -2.28. The van der Waals surface area contributed by atoms with Crippen LogP contribution in [0.2, 0.25) is 0 Å².